The van der Waals surface area contributed by atoms with Crippen LogP contribution in [0, 0.1) is 17.7 Å². The van der Waals surface area contributed by atoms with Gasteiger partial charge in [-0.05, 0) is 55.8 Å². The Hall–Kier alpha value is -3.06. The van der Waals surface area contributed by atoms with Crippen LogP contribution in [0.25, 0.3) is 0 Å². The number of amides is 1. The molecule has 2 aliphatic carbocycles. The van der Waals surface area contributed by atoms with E-state index in [9.17, 15) is 14.0 Å². The highest BCUT2D eigenvalue weighted by molar-refractivity contribution is 5.91. The third kappa shape index (κ3) is 6.19. The highest BCUT2D eigenvalue weighted by Gasteiger charge is 2.47. The van der Waals surface area contributed by atoms with Crippen molar-refractivity contribution in [1.29, 1.82) is 0 Å². The number of carbonyl (C=O) groups excluding carboxylic acids is 2. The van der Waals surface area contributed by atoms with E-state index in [0.717, 1.165) is 63.1 Å². The number of hydrogen-bond acceptors (Lipinski definition) is 5. The number of ether oxygens (including phenoxy) is 1. The van der Waals surface area contributed by atoms with Crippen molar-refractivity contribution in [3.8, 4) is 0 Å². The van der Waals surface area contributed by atoms with Gasteiger partial charge >= 0.3 is 5.97 Å². The van der Waals surface area contributed by atoms with Crippen LogP contribution in [0.1, 0.15) is 56.9 Å². The molecule has 0 radical (unpaired) electrons. The Morgan fingerprint density at radius 3 is 2.53 bits per heavy atom. The highest BCUT2D eigenvalue weighted by atomic mass is 19.1. The second-order valence-corrected chi connectivity index (χ2v) is 9.98. The minimum absolute atomic E-state index is 0.0905. The SMILES string of the molecule is C=CC1C[C@H](OC(=O)C2(c3ccccc3)CCCCCC2)C1CCNCC(=O)Nc1ccc(F)cn1. The molecule has 1 amide bonds. The number of nitrogens with zero attached hydrogens (tertiary/aromatic N) is 1. The van der Waals surface area contributed by atoms with Gasteiger partial charge in [-0.2, -0.15) is 0 Å². The number of halogens is 1. The van der Waals surface area contributed by atoms with Gasteiger partial charge in [0.1, 0.15) is 17.7 Å². The van der Waals surface area contributed by atoms with Crippen molar-refractivity contribution in [2.75, 3.05) is 18.4 Å². The molecule has 0 saturated heterocycles. The molecule has 2 saturated carbocycles. The van der Waals surface area contributed by atoms with Crippen molar-refractivity contribution in [3.05, 3.63) is 72.7 Å². The Bertz CT molecular complexity index is 1020. The molecule has 2 fully saturated rings. The molecule has 0 aliphatic heterocycles. The van der Waals surface area contributed by atoms with Crippen LogP contribution in [0.2, 0.25) is 0 Å². The average molecular weight is 494 g/mol. The summed E-state index contributed by atoms with van der Waals surface area (Å²) in [6.07, 6.45) is 10.5. The largest absolute Gasteiger partial charge is 0.461 e. The van der Waals surface area contributed by atoms with Gasteiger partial charge in [-0.15, -0.1) is 6.58 Å². The van der Waals surface area contributed by atoms with E-state index in [1.54, 1.807) is 0 Å². The van der Waals surface area contributed by atoms with Gasteiger partial charge in [0.2, 0.25) is 5.91 Å². The molecule has 1 aromatic heterocycles. The topological polar surface area (TPSA) is 80.3 Å². The van der Waals surface area contributed by atoms with Gasteiger partial charge in [0.05, 0.1) is 18.2 Å². The Balaban J connectivity index is 1.31. The number of nitrogens with one attached hydrogen (secondary N) is 2. The average Bonchev–Trinajstić information content (AvgIpc) is 3.15. The molecule has 1 heterocycles. The van der Waals surface area contributed by atoms with Gasteiger partial charge < -0.3 is 15.4 Å². The van der Waals surface area contributed by atoms with Crippen LogP contribution in [0.3, 0.4) is 0 Å². The monoisotopic (exact) mass is 493 g/mol. The molecular weight excluding hydrogens is 457 g/mol. The summed E-state index contributed by atoms with van der Waals surface area (Å²) in [6, 6.07) is 12.8. The maximum atomic E-state index is 13.7. The lowest BCUT2D eigenvalue weighted by molar-refractivity contribution is -0.169. The molecule has 1 aromatic carbocycles. The number of hydrogen-bond donors (Lipinski definition) is 2. The number of rotatable bonds is 10. The Labute approximate surface area is 212 Å². The van der Waals surface area contributed by atoms with Crippen molar-refractivity contribution in [2.45, 2.75) is 62.9 Å². The van der Waals surface area contributed by atoms with Crippen LogP contribution < -0.4 is 10.6 Å². The molecule has 2 unspecified atom stereocenters. The fourth-order valence-electron chi connectivity index (χ4n) is 5.56. The fourth-order valence-corrected chi connectivity index (χ4v) is 5.56. The van der Waals surface area contributed by atoms with Crippen LogP contribution in [0.5, 0.6) is 0 Å². The van der Waals surface area contributed by atoms with Crippen molar-refractivity contribution in [3.63, 3.8) is 0 Å². The Morgan fingerprint density at radius 2 is 1.86 bits per heavy atom. The zero-order valence-corrected chi connectivity index (χ0v) is 20.8. The van der Waals surface area contributed by atoms with Crippen molar-refractivity contribution in [2.24, 2.45) is 11.8 Å². The Morgan fingerprint density at radius 1 is 1.11 bits per heavy atom. The number of allylic oxidation sites excluding steroid dienone is 1. The second-order valence-electron chi connectivity index (χ2n) is 9.98. The maximum absolute atomic E-state index is 13.7. The Kier molecular flexibility index (Phi) is 8.86. The third-order valence-corrected chi connectivity index (χ3v) is 7.70. The quantitative estimate of drug-likeness (QED) is 0.207. The predicted octanol–water partition coefficient (Wildman–Crippen LogP) is 5.17. The van der Waals surface area contributed by atoms with E-state index in [2.05, 4.69) is 34.3 Å². The molecule has 6 nitrogen and oxygen atoms in total. The van der Waals surface area contributed by atoms with Crippen LogP contribution in [0.15, 0.2) is 61.3 Å². The number of anilines is 1. The van der Waals surface area contributed by atoms with E-state index in [1.807, 2.05) is 24.3 Å². The summed E-state index contributed by atoms with van der Waals surface area (Å²) in [6.45, 7) is 4.69. The maximum Gasteiger partial charge on any atom is 0.316 e. The minimum Gasteiger partial charge on any atom is -0.461 e. The molecule has 4 rings (SSSR count). The third-order valence-electron chi connectivity index (χ3n) is 7.70. The van der Waals surface area contributed by atoms with E-state index < -0.39 is 11.2 Å². The molecule has 0 spiro atoms. The van der Waals surface area contributed by atoms with Gasteiger partial charge in [0.15, 0.2) is 0 Å². The van der Waals surface area contributed by atoms with Gasteiger partial charge in [-0.1, -0.05) is 62.1 Å². The standard InChI is InChI=1S/C29H36FN3O3/c1-2-21-18-25(24(21)14-17-31-20-27(34)33-26-13-12-23(30)19-32-26)36-28(35)29(15-8-3-4-9-16-29)22-10-6-5-7-11-22/h2,5-7,10-13,19,21,24-25,31H,1,3-4,8-9,14-18,20H2,(H,32,33,34)/t21?,24?,25-/m0/s1. The molecule has 2 aliphatic rings. The van der Waals surface area contributed by atoms with Crippen molar-refractivity contribution in [1.82, 2.24) is 10.3 Å². The minimum atomic E-state index is -0.563. The lowest BCUT2D eigenvalue weighted by Crippen LogP contribution is -2.48. The summed E-state index contributed by atoms with van der Waals surface area (Å²) in [4.78, 5) is 29.7. The van der Waals surface area contributed by atoms with Gasteiger partial charge in [0, 0.05) is 5.92 Å². The van der Waals surface area contributed by atoms with Crippen LogP contribution in [-0.4, -0.2) is 36.1 Å². The second kappa shape index (κ2) is 12.3. The van der Waals surface area contributed by atoms with Crippen molar-refractivity contribution >= 4 is 17.7 Å². The lowest BCUT2D eigenvalue weighted by Gasteiger charge is -2.44. The zero-order valence-electron chi connectivity index (χ0n) is 20.8. The van der Waals surface area contributed by atoms with E-state index in [0.29, 0.717) is 18.3 Å². The van der Waals surface area contributed by atoms with E-state index in [4.69, 9.17) is 4.74 Å². The molecule has 192 valence electrons. The van der Waals surface area contributed by atoms with Crippen molar-refractivity contribution < 1.29 is 18.7 Å². The number of pyridine rings is 1. The zero-order chi connectivity index (χ0) is 25.4. The first-order chi connectivity index (χ1) is 17.5. The van der Waals surface area contributed by atoms with E-state index in [1.165, 1.54) is 12.1 Å². The van der Waals surface area contributed by atoms with Crippen LogP contribution in [0.4, 0.5) is 10.2 Å². The summed E-state index contributed by atoms with van der Waals surface area (Å²) in [5, 5.41) is 5.79. The highest BCUT2D eigenvalue weighted by Crippen LogP contribution is 2.44. The van der Waals surface area contributed by atoms with Gasteiger partial charge in [0.25, 0.3) is 0 Å². The first-order valence-corrected chi connectivity index (χ1v) is 13.0. The molecule has 3 atom stereocenters. The molecule has 0 bridgehead atoms. The first kappa shape index (κ1) is 26.0. The van der Waals surface area contributed by atoms with Crippen LogP contribution in [-0.2, 0) is 19.7 Å². The number of aromatic nitrogens is 1. The lowest BCUT2D eigenvalue weighted by atomic mass is 9.68. The summed E-state index contributed by atoms with van der Waals surface area (Å²) >= 11 is 0. The number of esters is 1. The predicted molar refractivity (Wildman–Crippen MR) is 138 cm³/mol. The summed E-state index contributed by atoms with van der Waals surface area (Å²) in [5.41, 5.74) is 0.503. The number of carbonyl (C=O) groups is 2. The van der Waals surface area contributed by atoms with Gasteiger partial charge in [-0.3, -0.25) is 9.59 Å². The molecule has 2 aromatic rings. The van der Waals surface area contributed by atoms with E-state index in [-0.39, 0.29) is 30.4 Å². The molecule has 7 heteroatoms. The van der Waals surface area contributed by atoms with E-state index >= 15 is 0 Å². The number of benzene rings is 1. The summed E-state index contributed by atoms with van der Waals surface area (Å²) < 4.78 is 19.2. The first-order valence-electron chi connectivity index (χ1n) is 13.0. The normalized spacial score (nSPS) is 23.1. The smallest absolute Gasteiger partial charge is 0.316 e. The summed E-state index contributed by atoms with van der Waals surface area (Å²) in [7, 11) is 0. The van der Waals surface area contributed by atoms with Gasteiger partial charge in [-0.25, -0.2) is 9.37 Å². The molecular formula is C29H36FN3O3. The molecule has 2 N–H and O–H groups in total. The fraction of sp³-hybridized carbons (Fsp3) is 0.483. The van der Waals surface area contributed by atoms with Crippen LogP contribution >= 0.6 is 0 Å². The molecule has 36 heavy (non-hydrogen) atoms. The summed E-state index contributed by atoms with van der Waals surface area (Å²) in [5.74, 6) is -0.00135.